The monoisotopic (exact) mass is 900 g/mol. The Balaban J connectivity index is 0.931. The number of benzene rings is 11. The van der Waals surface area contributed by atoms with Crippen LogP contribution in [0.3, 0.4) is 0 Å². The normalized spacial score (nSPS) is 11.9. The zero-order valence-corrected chi connectivity index (χ0v) is 39.2. The minimum absolute atomic E-state index is 0.261. The van der Waals surface area contributed by atoms with E-state index < -0.39 is 0 Å². The molecule has 0 amide bonds. The highest BCUT2D eigenvalue weighted by Gasteiger charge is 2.28. The van der Waals surface area contributed by atoms with Gasteiger partial charge in [0, 0.05) is 61.2 Å². The molecule has 0 saturated carbocycles. The molecule has 0 fully saturated rings. The summed E-state index contributed by atoms with van der Waals surface area (Å²) in [6, 6.07) is 84.6. The molecule has 0 N–H and O–H groups in total. The molecule has 0 saturated heterocycles. The summed E-state index contributed by atoms with van der Waals surface area (Å²) in [5.41, 5.74) is 15.6. The van der Waals surface area contributed by atoms with Gasteiger partial charge >= 0.3 is 0 Å². The van der Waals surface area contributed by atoms with E-state index in [4.69, 9.17) is 8.83 Å². The molecule has 0 bridgehead atoms. The van der Waals surface area contributed by atoms with Crippen molar-refractivity contribution >= 4 is 99.5 Å². The molecular formula is C66H48N2O2. The molecule has 13 aromatic rings. The lowest BCUT2D eigenvalue weighted by atomic mass is 9.82. The van der Waals surface area contributed by atoms with Crippen LogP contribution in [0.1, 0.15) is 26.3 Å². The van der Waals surface area contributed by atoms with Crippen LogP contribution in [0.15, 0.2) is 245 Å². The minimum atomic E-state index is -0.261. The first-order valence-electron chi connectivity index (χ1n) is 24.1. The Hall–Kier alpha value is -8.86. The lowest BCUT2D eigenvalue weighted by Gasteiger charge is -2.26. The number of hydrogen-bond acceptors (Lipinski definition) is 4. The highest BCUT2D eigenvalue weighted by Crippen LogP contribution is 2.47. The van der Waals surface area contributed by atoms with Crippen LogP contribution < -0.4 is 9.80 Å². The van der Waals surface area contributed by atoms with Crippen LogP contribution in [0.4, 0.5) is 34.1 Å². The average molecular weight is 901 g/mol. The van der Waals surface area contributed by atoms with Gasteiger partial charge in [-0.25, -0.2) is 0 Å². The van der Waals surface area contributed by atoms with Crippen LogP contribution in [0.25, 0.3) is 87.7 Å². The van der Waals surface area contributed by atoms with Crippen molar-refractivity contribution in [3.63, 3.8) is 0 Å². The van der Waals surface area contributed by atoms with Crippen LogP contribution in [-0.2, 0) is 5.41 Å². The lowest BCUT2D eigenvalue weighted by Crippen LogP contribution is -2.12. The number of anilines is 6. The predicted octanol–water partition coefficient (Wildman–Crippen LogP) is 19.4. The summed E-state index contributed by atoms with van der Waals surface area (Å²) in [7, 11) is 0. The summed E-state index contributed by atoms with van der Waals surface area (Å²) in [5.74, 6) is 0. The lowest BCUT2D eigenvalue weighted by molar-refractivity contribution is 0.577. The van der Waals surface area contributed by atoms with E-state index in [-0.39, 0.29) is 5.41 Å². The molecule has 334 valence electrons. The summed E-state index contributed by atoms with van der Waals surface area (Å²) >= 11 is 0. The molecule has 70 heavy (non-hydrogen) atoms. The standard InChI is InChI=1S/C66H48N2O2/c1-66(2,3)64-63-59-39-48-31-33-56(68(52-26-14-7-15-27-52)54-29-17-23-46(35-54)44-20-10-5-11-21-44)37-50(48)41-61(59)69-62(63)42-58-57-38-47-30-32-55(36-49(47)40-60(57)70-65(58)64)67(51-24-12-6-13-25-51)53-28-16-22-45(34-53)43-18-8-4-9-19-43/h4-42H,1-3H3. The van der Waals surface area contributed by atoms with Gasteiger partial charge in [-0.2, -0.15) is 0 Å². The van der Waals surface area contributed by atoms with E-state index in [0.717, 1.165) is 105 Å². The zero-order valence-electron chi connectivity index (χ0n) is 39.2. The first-order chi connectivity index (χ1) is 34.3. The molecule has 0 atom stereocenters. The Bertz CT molecular complexity index is 3950. The first kappa shape index (κ1) is 41.3. The Morgan fingerprint density at radius 1 is 0.300 bits per heavy atom. The summed E-state index contributed by atoms with van der Waals surface area (Å²) in [5, 5.41) is 8.83. The molecule has 0 aliphatic carbocycles. The van der Waals surface area contributed by atoms with Crippen molar-refractivity contribution in [1.82, 2.24) is 0 Å². The van der Waals surface area contributed by atoms with Gasteiger partial charge in [0.05, 0.1) is 0 Å². The minimum Gasteiger partial charge on any atom is -0.456 e. The molecule has 2 heterocycles. The van der Waals surface area contributed by atoms with Gasteiger partial charge < -0.3 is 18.6 Å². The van der Waals surface area contributed by atoms with Gasteiger partial charge in [0.15, 0.2) is 0 Å². The maximum atomic E-state index is 7.07. The Morgan fingerprint density at radius 3 is 1.23 bits per heavy atom. The van der Waals surface area contributed by atoms with Crippen molar-refractivity contribution < 1.29 is 8.83 Å². The van der Waals surface area contributed by atoms with Crippen molar-refractivity contribution in [2.24, 2.45) is 0 Å². The number of rotatable bonds is 8. The van der Waals surface area contributed by atoms with Crippen molar-refractivity contribution in [2.75, 3.05) is 9.80 Å². The molecule has 4 nitrogen and oxygen atoms in total. The number of nitrogens with zero attached hydrogens (tertiary/aromatic N) is 2. The third kappa shape index (κ3) is 7.16. The maximum Gasteiger partial charge on any atom is 0.140 e. The summed E-state index contributed by atoms with van der Waals surface area (Å²) in [6.07, 6.45) is 0. The molecule has 0 aliphatic rings. The molecular weight excluding hydrogens is 853 g/mol. The van der Waals surface area contributed by atoms with Gasteiger partial charge in [-0.05, 0) is 152 Å². The highest BCUT2D eigenvalue weighted by molar-refractivity contribution is 6.20. The van der Waals surface area contributed by atoms with Crippen molar-refractivity contribution in [3.8, 4) is 22.3 Å². The second-order valence-corrected chi connectivity index (χ2v) is 19.4. The SMILES string of the molecule is CC(C)(C)c1c2oc3cc4cc(N(c5ccccc5)c5cccc(-c6ccccc6)c5)ccc4cc3c2cc2oc3cc4cc(N(c5ccccc5)c5cccc(-c6ccccc6)c5)ccc4cc3c12. The molecule has 0 radical (unpaired) electrons. The average Bonchev–Trinajstić information content (AvgIpc) is 3.93. The second-order valence-electron chi connectivity index (χ2n) is 19.4. The third-order valence-electron chi connectivity index (χ3n) is 13.8. The van der Waals surface area contributed by atoms with Crippen LogP contribution >= 0.6 is 0 Å². The Kier molecular flexibility index (Phi) is 9.70. The van der Waals surface area contributed by atoms with Gasteiger partial charge in [0.25, 0.3) is 0 Å². The maximum absolute atomic E-state index is 7.07. The highest BCUT2D eigenvalue weighted by atomic mass is 16.3. The molecule has 11 aromatic carbocycles. The van der Waals surface area contributed by atoms with Gasteiger partial charge in [-0.1, -0.05) is 154 Å². The van der Waals surface area contributed by atoms with Gasteiger partial charge in [0.2, 0.25) is 0 Å². The van der Waals surface area contributed by atoms with E-state index >= 15 is 0 Å². The van der Waals surface area contributed by atoms with Gasteiger partial charge in [-0.15, -0.1) is 0 Å². The van der Waals surface area contributed by atoms with Gasteiger partial charge in [-0.3, -0.25) is 0 Å². The van der Waals surface area contributed by atoms with Gasteiger partial charge in [0.1, 0.15) is 22.3 Å². The molecule has 2 aromatic heterocycles. The van der Waals surface area contributed by atoms with Crippen molar-refractivity contribution in [3.05, 3.63) is 242 Å². The van der Waals surface area contributed by atoms with Crippen LogP contribution in [-0.4, -0.2) is 0 Å². The summed E-state index contributed by atoms with van der Waals surface area (Å²) < 4.78 is 14.0. The van der Waals surface area contributed by atoms with Crippen molar-refractivity contribution in [2.45, 2.75) is 26.2 Å². The molecule has 13 rings (SSSR count). The quantitative estimate of drug-likeness (QED) is 0.152. The van der Waals surface area contributed by atoms with E-state index in [9.17, 15) is 0 Å². The largest absolute Gasteiger partial charge is 0.456 e. The smallest absolute Gasteiger partial charge is 0.140 e. The Labute approximate surface area is 406 Å². The fraction of sp³-hybridized carbons (Fsp3) is 0.0606. The van der Waals surface area contributed by atoms with E-state index in [0.29, 0.717) is 0 Å². The number of fused-ring (bicyclic) bond motifs is 8. The van der Waals surface area contributed by atoms with E-state index in [2.05, 4.69) is 267 Å². The molecule has 0 unspecified atom stereocenters. The van der Waals surface area contributed by atoms with Crippen LogP contribution in [0.2, 0.25) is 0 Å². The fourth-order valence-corrected chi connectivity index (χ4v) is 10.6. The summed E-state index contributed by atoms with van der Waals surface area (Å²) in [4.78, 5) is 4.67. The topological polar surface area (TPSA) is 32.8 Å². The fourth-order valence-electron chi connectivity index (χ4n) is 10.6. The van der Waals surface area contributed by atoms with E-state index in [1.165, 1.54) is 22.3 Å². The molecule has 0 spiro atoms. The van der Waals surface area contributed by atoms with Crippen LogP contribution in [0, 0.1) is 0 Å². The summed E-state index contributed by atoms with van der Waals surface area (Å²) in [6.45, 7) is 6.83. The zero-order chi connectivity index (χ0) is 46.9. The first-order valence-corrected chi connectivity index (χ1v) is 24.1. The Morgan fingerprint density at radius 2 is 0.729 bits per heavy atom. The number of furan rings is 2. The predicted molar refractivity (Wildman–Crippen MR) is 295 cm³/mol. The third-order valence-corrected chi connectivity index (χ3v) is 13.8. The number of hydrogen-bond donors (Lipinski definition) is 0. The van der Waals surface area contributed by atoms with E-state index in [1.807, 2.05) is 0 Å². The molecule has 4 heteroatoms. The van der Waals surface area contributed by atoms with Crippen LogP contribution in [0.5, 0.6) is 0 Å². The number of para-hydroxylation sites is 2. The van der Waals surface area contributed by atoms with E-state index in [1.54, 1.807) is 0 Å². The second kappa shape index (κ2) is 16.4. The van der Waals surface area contributed by atoms with Crippen molar-refractivity contribution in [1.29, 1.82) is 0 Å². The molecule has 0 aliphatic heterocycles.